The van der Waals surface area contributed by atoms with Crippen molar-refractivity contribution in [3.8, 4) is 0 Å². The summed E-state index contributed by atoms with van der Waals surface area (Å²) < 4.78 is 8.25. The van der Waals surface area contributed by atoms with Crippen LogP contribution < -0.4 is 0 Å². The van der Waals surface area contributed by atoms with Gasteiger partial charge in [0.1, 0.15) is 0 Å². The van der Waals surface area contributed by atoms with Crippen LogP contribution in [-0.4, -0.2) is 24.7 Å². The molecule has 6 aromatic carbocycles. The van der Waals surface area contributed by atoms with Crippen LogP contribution in [0.5, 0.6) is 0 Å². The van der Waals surface area contributed by atoms with E-state index in [1.807, 2.05) is 0 Å². The number of hydrogen-bond acceptors (Lipinski definition) is 1. The minimum Gasteiger partial charge on any atom is -0.422 e. The molecule has 3 heteroatoms. The Labute approximate surface area is 559 Å². The third-order valence-corrected chi connectivity index (χ3v) is 26.4. The quantitative estimate of drug-likeness (QED) is 0.0981. The first-order valence-electron chi connectivity index (χ1n) is 34.3. The van der Waals surface area contributed by atoms with Gasteiger partial charge in [-0.1, -0.05) is 358 Å². The van der Waals surface area contributed by atoms with Crippen LogP contribution in [0, 0.1) is 0 Å². The van der Waals surface area contributed by atoms with Crippen LogP contribution in [0.3, 0.4) is 0 Å². The highest BCUT2D eigenvalue weighted by molar-refractivity contribution is 7.12. The Bertz CT molecular complexity index is 2990. The first kappa shape index (κ1) is 74.8. The van der Waals surface area contributed by atoms with Gasteiger partial charge in [-0.2, -0.15) is 0 Å². The van der Waals surface area contributed by atoms with Crippen LogP contribution >= 0.6 is 0 Å². The third kappa shape index (κ3) is 16.1. The van der Waals surface area contributed by atoms with E-state index in [1.54, 1.807) is 0 Å². The molecule has 0 atom stereocenters. The Morgan fingerprint density at radius 1 is 0.189 bits per heavy atom. The summed E-state index contributed by atoms with van der Waals surface area (Å²) >= 11 is 0. The largest absolute Gasteiger partial charge is 0.422 e. The Kier molecular flexibility index (Phi) is 20.1. The molecule has 0 fully saturated rings. The van der Waals surface area contributed by atoms with Crippen molar-refractivity contribution >= 4 is 17.6 Å². The normalized spacial score (nSPS) is 14.5. The smallest absolute Gasteiger partial charge is 0.212 e. The van der Waals surface area contributed by atoms with Crippen molar-refractivity contribution < 1.29 is 4.43 Å². The van der Waals surface area contributed by atoms with Crippen molar-refractivity contribution in [2.45, 2.75) is 324 Å². The lowest BCUT2D eigenvalue weighted by molar-refractivity contribution is 0.414. The lowest BCUT2D eigenvalue weighted by Crippen LogP contribution is -2.58. The lowest BCUT2D eigenvalue weighted by atomic mass is 9.71. The van der Waals surface area contributed by atoms with E-state index < -0.39 is 18.6 Å². The average molecular weight is 1250 g/mol. The van der Waals surface area contributed by atoms with E-state index in [1.165, 1.54) is 100 Å². The van der Waals surface area contributed by atoms with Crippen LogP contribution in [0.15, 0.2) is 109 Å². The molecule has 0 spiro atoms. The molecule has 6 aromatic rings. The maximum Gasteiger partial charge on any atom is 0.212 e. The number of rotatable bonds is 10. The van der Waals surface area contributed by atoms with E-state index >= 15 is 0 Å². The minimum absolute atomic E-state index is 0.165. The molecule has 0 aliphatic carbocycles. The van der Waals surface area contributed by atoms with Gasteiger partial charge < -0.3 is 4.43 Å². The maximum atomic E-state index is 8.25. The fraction of sp³-hybridized carbons (Fsp3) is 0.586. The molecular formula is C87H129OSi2. The molecule has 0 saturated heterocycles. The van der Waals surface area contributed by atoms with E-state index in [-0.39, 0.29) is 74.0 Å². The van der Waals surface area contributed by atoms with Gasteiger partial charge in [0.05, 0.1) is 14.1 Å². The highest BCUT2D eigenvalue weighted by atomic mass is 29.2. The van der Waals surface area contributed by atoms with Crippen molar-refractivity contribution in [1.82, 2.24) is 0 Å². The predicted molar refractivity (Wildman–Crippen MR) is 401 cm³/mol. The van der Waals surface area contributed by atoms with E-state index in [4.69, 9.17) is 4.43 Å². The second kappa shape index (κ2) is 24.2. The highest BCUT2D eigenvalue weighted by Gasteiger charge is 2.55. The monoisotopic (exact) mass is 1250 g/mol. The second-order valence-electron chi connectivity index (χ2n) is 40.0. The third-order valence-electron chi connectivity index (χ3n) is 19.4. The van der Waals surface area contributed by atoms with E-state index in [0.717, 1.165) is 0 Å². The molecule has 0 saturated carbocycles. The van der Waals surface area contributed by atoms with Crippen molar-refractivity contribution in [2.75, 3.05) is 7.11 Å². The maximum absolute atomic E-state index is 8.25. The van der Waals surface area contributed by atoms with E-state index in [0.29, 0.717) is 0 Å². The van der Waals surface area contributed by atoms with Crippen LogP contribution in [0.2, 0.25) is 0 Å². The van der Waals surface area contributed by atoms with Gasteiger partial charge >= 0.3 is 0 Å². The topological polar surface area (TPSA) is 9.23 Å². The summed E-state index contributed by atoms with van der Waals surface area (Å²) in [7, 11) is -0.0338. The van der Waals surface area contributed by atoms with Gasteiger partial charge in [-0.15, -0.1) is 0 Å². The minimum atomic E-state index is -2.36. The summed E-state index contributed by atoms with van der Waals surface area (Å²) in [5.41, 5.74) is 22.2. The van der Waals surface area contributed by atoms with Crippen molar-refractivity contribution in [2.24, 2.45) is 0 Å². The Morgan fingerprint density at radius 2 is 0.300 bits per heavy atom. The highest BCUT2D eigenvalue weighted by Crippen LogP contribution is 2.53. The molecule has 0 aromatic heterocycles. The fourth-order valence-corrected chi connectivity index (χ4v) is 19.8. The SMILES string of the molecule is CO[Si]([Si]C(c1cc(C(C)(C)C)cc(C(C)(C)C)c1)(c1cc(C(C)(C)C)cc(C(C)(C)C)c1)c1cc(C(C)(C)C)cc(C(C)(C)C)c1)C(c1cc(C(C)(C)C)cc(C(C)(C)C)c1)(c1cc(C(C)(C)C)cc(C(C)(C)C)c1)c1cc(C(C)(C)C)cc(C(C)(C)C)c1. The molecule has 491 valence electrons. The molecule has 0 bridgehead atoms. The van der Waals surface area contributed by atoms with Crippen LogP contribution in [0.4, 0.5) is 0 Å². The van der Waals surface area contributed by atoms with Gasteiger partial charge in [0, 0.05) is 12.1 Å². The van der Waals surface area contributed by atoms with Crippen LogP contribution in [0.1, 0.15) is 349 Å². The van der Waals surface area contributed by atoms with Crippen molar-refractivity contribution in [1.29, 1.82) is 0 Å². The lowest BCUT2D eigenvalue weighted by Gasteiger charge is -2.48. The van der Waals surface area contributed by atoms with Gasteiger partial charge in [0.2, 0.25) is 8.56 Å². The zero-order chi connectivity index (χ0) is 69.1. The van der Waals surface area contributed by atoms with Crippen LogP contribution in [0.25, 0.3) is 0 Å². The van der Waals surface area contributed by atoms with Gasteiger partial charge in [0.25, 0.3) is 0 Å². The predicted octanol–water partition coefficient (Wildman–Crippen LogP) is 24.0. The standard InChI is InChI=1S/C87H129OSi2/c1-74(2,3)56-38-57(75(4,5)6)45-68(44-56)86(69-46-58(76(7,8)9)39-59(47-69)77(10,11)12,70-48-60(78(13,14)15)40-61(49-70)79(16,17)18)89-90(88-37)87(71-50-62(80(19,20)21)41-63(51-71)81(22,23)24,72-52-64(82(25,26)27)42-65(53-72)83(28,29)30)73-54-66(84(31,32)33)43-67(55-73)85(34,35)36/h38-55H,1-37H3. The second-order valence-corrected chi connectivity index (χ2v) is 44.9. The summed E-state index contributed by atoms with van der Waals surface area (Å²) in [5, 5.41) is -1.62. The zero-order valence-electron chi connectivity index (χ0n) is 64.8. The Morgan fingerprint density at radius 3 is 0.411 bits per heavy atom. The van der Waals surface area contributed by atoms with Gasteiger partial charge in [-0.3, -0.25) is 0 Å². The molecule has 0 unspecified atom stereocenters. The van der Waals surface area contributed by atoms with Crippen molar-refractivity contribution in [3.05, 3.63) is 209 Å². The molecule has 0 amide bonds. The zero-order valence-corrected chi connectivity index (χ0v) is 66.8. The summed E-state index contributed by atoms with van der Waals surface area (Å²) in [6.45, 7) is 87.2. The first-order valence-corrected chi connectivity index (χ1v) is 37.7. The molecule has 3 radical (unpaired) electrons. The molecule has 1 nitrogen and oxygen atoms in total. The number of benzene rings is 6. The summed E-state index contributed by atoms with van der Waals surface area (Å²) in [6, 6.07) is 47.3. The molecule has 0 aliphatic heterocycles. The van der Waals surface area contributed by atoms with E-state index in [9.17, 15) is 0 Å². The molecule has 90 heavy (non-hydrogen) atoms. The summed E-state index contributed by atoms with van der Waals surface area (Å²) in [6.07, 6.45) is 0. The van der Waals surface area contributed by atoms with Gasteiger partial charge in [-0.05, 0) is 165 Å². The first-order chi connectivity index (χ1) is 40.1. The van der Waals surface area contributed by atoms with Gasteiger partial charge in [0.15, 0.2) is 0 Å². The average Bonchev–Trinajstić information content (AvgIpc) is 0.708. The van der Waals surface area contributed by atoms with E-state index in [2.05, 4.69) is 366 Å². The molecule has 0 N–H and O–H groups in total. The summed E-state index contributed by atoms with van der Waals surface area (Å²) in [5.74, 6) is 0. The van der Waals surface area contributed by atoms with Gasteiger partial charge in [-0.25, -0.2) is 0 Å². The Hall–Kier alpha value is -4.29. The van der Waals surface area contributed by atoms with Crippen LogP contribution in [-0.2, 0) is 79.5 Å². The summed E-state index contributed by atoms with van der Waals surface area (Å²) in [4.78, 5) is 0. The van der Waals surface area contributed by atoms with Crippen molar-refractivity contribution in [3.63, 3.8) is 0 Å². The fourth-order valence-electron chi connectivity index (χ4n) is 12.3. The molecular weight excluding hydrogens is 1120 g/mol. The molecule has 6 rings (SSSR count). The molecule has 0 aliphatic rings. The number of hydrogen-bond donors (Lipinski definition) is 0. The molecule has 0 heterocycles. The Balaban J connectivity index is 2.23.